The Kier molecular flexibility index (Phi) is 2.92. The molecule has 0 aromatic carbocycles. The molecule has 1 saturated heterocycles. The van der Waals surface area contributed by atoms with Crippen molar-refractivity contribution in [2.45, 2.75) is 19.0 Å². The summed E-state index contributed by atoms with van der Waals surface area (Å²) in [6.07, 6.45) is -1.25. The van der Waals surface area contributed by atoms with Gasteiger partial charge < -0.3 is 10.1 Å². The van der Waals surface area contributed by atoms with Crippen LogP contribution in [0.2, 0.25) is 0 Å². The Morgan fingerprint density at radius 1 is 1.32 bits per heavy atom. The van der Waals surface area contributed by atoms with Gasteiger partial charge >= 0.3 is 6.18 Å². The normalized spacial score (nSPS) is 21.8. The van der Waals surface area contributed by atoms with Gasteiger partial charge in [-0.15, -0.1) is 0 Å². The lowest BCUT2D eigenvalue weighted by atomic mass is 9.59. The number of ether oxygens (including phenoxy) is 1. The number of nitrogens with zero attached hydrogens (tertiary/aromatic N) is 1. The van der Waals surface area contributed by atoms with Crippen molar-refractivity contribution in [1.29, 1.82) is 0 Å². The Morgan fingerprint density at radius 2 is 2.05 bits per heavy atom. The molecule has 1 aliphatic carbocycles. The van der Waals surface area contributed by atoms with Crippen LogP contribution in [0.25, 0.3) is 0 Å². The van der Waals surface area contributed by atoms with Crippen molar-refractivity contribution in [1.82, 2.24) is 10.3 Å². The van der Waals surface area contributed by atoms with Gasteiger partial charge in [0.15, 0.2) is 0 Å². The van der Waals surface area contributed by atoms with Crippen molar-refractivity contribution in [2.24, 2.45) is 11.3 Å². The molecule has 1 spiro atoms. The maximum Gasteiger partial charge on any atom is 0.417 e. The maximum absolute atomic E-state index is 12.3. The largest absolute Gasteiger partial charge is 0.477 e. The summed E-state index contributed by atoms with van der Waals surface area (Å²) in [5, 5.41) is 3.26. The SMILES string of the molecule is FC(F)(F)c1ccc(OCC2CC3(CNC3)C2)nc1. The van der Waals surface area contributed by atoms with Crippen LogP contribution in [0.5, 0.6) is 5.88 Å². The number of hydrogen-bond acceptors (Lipinski definition) is 3. The predicted molar refractivity (Wildman–Crippen MR) is 62.8 cm³/mol. The van der Waals surface area contributed by atoms with Gasteiger partial charge in [0.2, 0.25) is 5.88 Å². The highest BCUT2D eigenvalue weighted by Gasteiger charge is 2.48. The highest BCUT2D eigenvalue weighted by Crippen LogP contribution is 2.48. The minimum atomic E-state index is -4.34. The molecule has 3 nitrogen and oxygen atoms in total. The molecule has 1 N–H and O–H groups in total. The average Bonchev–Trinajstić information content (AvgIpc) is 2.24. The fraction of sp³-hybridized carbons (Fsp3) is 0.615. The number of halogens is 3. The maximum atomic E-state index is 12.3. The summed E-state index contributed by atoms with van der Waals surface area (Å²) < 4.78 is 42.5. The van der Waals surface area contributed by atoms with Crippen LogP contribution in [0, 0.1) is 11.3 Å². The molecule has 3 rings (SSSR count). The number of aromatic nitrogens is 1. The van der Waals surface area contributed by atoms with Crippen molar-refractivity contribution in [3.05, 3.63) is 23.9 Å². The summed E-state index contributed by atoms with van der Waals surface area (Å²) in [7, 11) is 0. The molecule has 1 aromatic rings. The van der Waals surface area contributed by atoms with Crippen LogP contribution in [-0.2, 0) is 6.18 Å². The van der Waals surface area contributed by atoms with Crippen LogP contribution >= 0.6 is 0 Å². The van der Waals surface area contributed by atoms with Crippen molar-refractivity contribution < 1.29 is 17.9 Å². The van der Waals surface area contributed by atoms with E-state index in [9.17, 15) is 13.2 Å². The fourth-order valence-electron chi connectivity index (χ4n) is 2.89. The van der Waals surface area contributed by atoms with E-state index < -0.39 is 11.7 Å². The quantitative estimate of drug-likeness (QED) is 0.918. The van der Waals surface area contributed by atoms with E-state index in [-0.39, 0.29) is 5.88 Å². The van der Waals surface area contributed by atoms with E-state index in [1.807, 2.05) is 0 Å². The summed E-state index contributed by atoms with van der Waals surface area (Å²) >= 11 is 0. The third-order valence-electron chi connectivity index (χ3n) is 3.97. The first-order chi connectivity index (χ1) is 8.97. The Labute approximate surface area is 109 Å². The molecule has 1 aliphatic heterocycles. The third-order valence-corrected chi connectivity index (χ3v) is 3.97. The number of hydrogen-bond donors (Lipinski definition) is 1. The minimum Gasteiger partial charge on any atom is -0.477 e. The lowest BCUT2D eigenvalue weighted by Gasteiger charge is -2.54. The van der Waals surface area contributed by atoms with Crippen molar-refractivity contribution in [2.75, 3.05) is 19.7 Å². The molecule has 0 atom stereocenters. The molecule has 0 amide bonds. The first-order valence-corrected chi connectivity index (χ1v) is 6.34. The molecule has 19 heavy (non-hydrogen) atoms. The molecular weight excluding hydrogens is 257 g/mol. The molecule has 1 saturated carbocycles. The predicted octanol–water partition coefficient (Wildman–Crippen LogP) is 2.48. The van der Waals surface area contributed by atoms with Gasteiger partial charge in [-0.1, -0.05) is 0 Å². The van der Waals surface area contributed by atoms with Gasteiger partial charge in [-0.2, -0.15) is 13.2 Å². The van der Waals surface area contributed by atoms with E-state index in [0.717, 1.165) is 38.2 Å². The van der Waals surface area contributed by atoms with E-state index in [1.54, 1.807) is 0 Å². The van der Waals surface area contributed by atoms with Gasteiger partial charge in [0.1, 0.15) is 0 Å². The van der Waals surface area contributed by atoms with Crippen molar-refractivity contribution in [3.63, 3.8) is 0 Å². The van der Waals surface area contributed by atoms with Crippen LogP contribution in [0.1, 0.15) is 18.4 Å². The van der Waals surface area contributed by atoms with Gasteiger partial charge in [0, 0.05) is 25.4 Å². The highest BCUT2D eigenvalue weighted by atomic mass is 19.4. The Bertz CT molecular complexity index is 446. The summed E-state index contributed by atoms with van der Waals surface area (Å²) in [4.78, 5) is 3.69. The van der Waals surface area contributed by atoms with E-state index in [4.69, 9.17) is 4.74 Å². The van der Waals surface area contributed by atoms with Crippen LogP contribution in [0.15, 0.2) is 18.3 Å². The molecule has 1 aromatic heterocycles. The zero-order chi connectivity index (χ0) is 13.5. The smallest absolute Gasteiger partial charge is 0.417 e. The van der Waals surface area contributed by atoms with E-state index in [1.165, 1.54) is 6.07 Å². The van der Waals surface area contributed by atoms with Crippen molar-refractivity contribution >= 4 is 0 Å². The molecule has 6 heteroatoms. The Balaban J connectivity index is 1.48. The second-order valence-electron chi connectivity index (χ2n) is 5.57. The molecule has 104 valence electrons. The Hall–Kier alpha value is -1.30. The monoisotopic (exact) mass is 272 g/mol. The third kappa shape index (κ3) is 2.54. The first kappa shape index (κ1) is 12.7. The second-order valence-corrected chi connectivity index (χ2v) is 5.57. The highest BCUT2D eigenvalue weighted by molar-refractivity contribution is 5.20. The number of rotatable bonds is 3. The van der Waals surface area contributed by atoms with E-state index in [0.29, 0.717) is 17.9 Å². The summed E-state index contributed by atoms with van der Waals surface area (Å²) in [6.45, 7) is 2.71. The van der Waals surface area contributed by atoms with Crippen LogP contribution in [0.4, 0.5) is 13.2 Å². The van der Waals surface area contributed by atoms with Gasteiger partial charge in [0.25, 0.3) is 0 Å². The molecule has 2 heterocycles. The van der Waals surface area contributed by atoms with E-state index in [2.05, 4.69) is 10.3 Å². The second kappa shape index (κ2) is 4.37. The molecule has 2 aliphatic rings. The number of alkyl halides is 3. The molecular formula is C13H15F3N2O. The number of pyridine rings is 1. The standard InChI is InChI=1S/C13H15F3N2O/c14-13(15,16)10-1-2-11(18-5-10)19-6-9-3-12(4-9)7-17-8-12/h1-2,5,9,17H,3-4,6-8H2. The zero-order valence-corrected chi connectivity index (χ0v) is 10.3. The van der Waals surface area contributed by atoms with Gasteiger partial charge in [-0.25, -0.2) is 4.98 Å². The van der Waals surface area contributed by atoms with Crippen LogP contribution in [-0.4, -0.2) is 24.7 Å². The molecule has 0 radical (unpaired) electrons. The van der Waals surface area contributed by atoms with Gasteiger partial charge in [0.05, 0.1) is 12.2 Å². The topological polar surface area (TPSA) is 34.1 Å². The van der Waals surface area contributed by atoms with Gasteiger partial charge in [-0.05, 0) is 30.2 Å². The van der Waals surface area contributed by atoms with E-state index >= 15 is 0 Å². The van der Waals surface area contributed by atoms with Crippen molar-refractivity contribution in [3.8, 4) is 5.88 Å². The average molecular weight is 272 g/mol. The summed E-state index contributed by atoms with van der Waals surface area (Å²) in [5.74, 6) is 0.770. The molecule has 0 unspecified atom stereocenters. The zero-order valence-electron chi connectivity index (χ0n) is 10.3. The molecule has 0 bridgehead atoms. The summed E-state index contributed by atoms with van der Waals surface area (Å²) in [5.41, 5.74) is -0.260. The molecule has 2 fully saturated rings. The fourth-order valence-corrected chi connectivity index (χ4v) is 2.89. The lowest BCUT2D eigenvalue weighted by molar-refractivity contribution is -0.137. The number of nitrogens with one attached hydrogen (secondary N) is 1. The summed E-state index contributed by atoms with van der Waals surface area (Å²) in [6, 6.07) is 2.28. The van der Waals surface area contributed by atoms with Crippen LogP contribution in [0.3, 0.4) is 0 Å². The first-order valence-electron chi connectivity index (χ1n) is 6.34. The lowest BCUT2D eigenvalue weighted by Crippen LogP contribution is -2.60. The van der Waals surface area contributed by atoms with Gasteiger partial charge in [-0.3, -0.25) is 0 Å². The van der Waals surface area contributed by atoms with Crippen LogP contribution < -0.4 is 10.1 Å². The Morgan fingerprint density at radius 3 is 2.53 bits per heavy atom. The minimum absolute atomic E-state index is 0.265.